The van der Waals surface area contributed by atoms with Gasteiger partial charge < -0.3 is 10.2 Å². The third kappa shape index (κ3) is 3.93. The maximum Gasteiger partial charge on any atom is 0.169 e. The number of benzene rings is 1. The molecule has 19 heavy (non-hydrogen) atoms. The lowest BCUT2D eigenvalue weighted by Gasteiger charge is -2.32. The van der Waals surface area contributed by atoms with E-state index in [4.69, 9.17) is 12.2 Å². The molecule has 1 aliphatic carbocycles. The third-order valence-corrected chi connectivity index (χ3v) is 4.52. The van der Waals surface area contributed by atoms with Crippen LogP contribution in [0.4, 0.5) is 0 Å². The molecule has 1 aliphatic rings. The van der Waals surface area contributed by atoms with Gasteiger partial charge in [0.05, 0.1) is 6.04 Å². The van der Waals surface area contributed by atoms with Gasteiger partial charge in [0.25, 0.3) is 0 Å². The molecular weight excluding hydrogens is 252 g/mol. The third-order valence-electron chi connectivity index (χ3n) is 4.12. The number of thiocarbonyl (C=S) groups is 1. The van der Waals surface area contributed by atoms with E-state index in [1.54, 1.807) is 0 Å². The molecular formula is C16H24N2S. The van der Waals surface area contributed by atoms with Crippen LogP contribution in [0.3, 0.4) is 0 Å². The quantitative estimate of drug-likeness (QED) is 0.843. The van der Waals surface area contributed by atoms with Crippen LogP contribution in [0.1, 0.15) is 50.6 Å². The second-order valence-electron chi connectivity index (χ2n) is 5.48. The molecule has 104 valence electrons. The van der Waals surface area contributed by atoms with Gasteiger partial charge in [0, 0.05) is 13.1 Å². The van der Waals surface area contributed by atoms with Gasteiger partial charge in [0.1, 0.15) is 0 Å². The van der Waals surface area contributed by atoms with Crippen LogP contribution < -0.4 is 5.32 Å². The summed E-state index contributed by atoms with van der Waals surface area (Å²) in [6.45, 7) is 2.20. The molecule has 3 heteroatoms. The maximum absolute atomic E-state index is 5.55. The van der Waals surface area contributed by atoms with E-state index in [0.717, 1.165) is 5.11 Å². The fraction of sp³-hybridized carbons (Fsp3) is 0.562. The SMILES string of the molecule is C[C@@H](c1ccccc1)N(C)C(=S)NC1CCCCC1. The molecule has 2 rings (SSSR count). The zero-order valence-electron chi connectivity index (χ0n) is 11.9. The average molecular weight is 276 g/mol. The molecule has 0 heterocycles. The molecule has 0 unspecified atom stereocenters. The molecule has 0 aliphatic heterocycles. The summed E-state index contributed by atoms with van der Waals surface area (Å²) in [5.74, 6) is 0. The minimum atomic E-state index is 0.310. The molecule has 0 bridgehead atoms. The molecule has 1 atom stereocenters. The van der Waals surface area contributed by atoms with E-state index >= 15 is 0 Å². The summed E-state index contributed by atoms with van der Waals surface area (Å²) in [6, 6.07) is 11.4. The van der Waals surface area contributed by atoms with Crippen molar-refractivity contribution in [2.24, 2.45) is 0 Å². The van der Waals surface area contributed by atoms with E-state index in [9.17, 15) is 0 Å². The van der Waals surface area contributed by atoms with E-state index in [2.05, 4.69) is 54.5 Å². The van der Waals surface area contributed by atoms with Crippen LogP contribution in [0.15, 0.2) is 30.3 Å². The van der Waals surface area contributed by atoms with Crippen molar-refractivity contribution >= 4 is 17.3 Å². The van der Waals surface area contributed by atoms with Crippen molar-refractivity contribution in [1.29, 1.82) is 0 Å². The van der Waals surface area contributed by atoms with Gasteiger partial charge in [0.2, 0.25) is 0 Å². The predicted octanol–water partition coefficient (Wildman–Crippen LogP) is 3.89. The second kappa shape index (κ2) is 6.90. The first-order valence-corrected chi connectivity index (χ1v) is 7.67. The topological polar surface area (TPSA) is 15.3 Å². The minimum Gasteiger partial charge on any atom is -0.360 e. The first kappa shape index (κ1) is 14.3. The number of hydrogen-bond donors (Lipinski definition) is 1. The largest absolute Gasteiger partial charge is 0.360 e. The summed E-state index contributed by atoms with van der Waals surface area (Å²) in [6.07, 6.45) is 6.55. The Morgan fingerprint density at radius 2 is 1.84 bits per heavy atom. The van der Waals surface area contributed by atoms with Crippen molar-refractivity contribution in [2.45, 2.75) is 51.1 Å². The normalized spacial score (nSPS) is 17.8. The monoisotopic (exact) mass is 276 g/mol. The Kier molecular flexibility index (Phi) is 5.20. The summed E-state index contributed by atoms with van der Waals surface area (Å²) < 4.78 is 0. The van der Waals surface area contributed by atoms with Crippen LogP contribution in [0.25, 0.3) is 0 Å². The van der Waals surface area contributed by atoms with Crippen molar-refractivity contribution in [3.8, 4) is 0 Å². The Labute approximate surface area is 122 Å². The van der Waals surface area contributed by atoms with Crippen LogP contribution in [-0.2, 0) is 0 Å². The van der Waals surface area contributed by atoms with E-state index in [1.807, 2.05) is 0 Å². The Morgan fingerprint density at radius 3 is 2.47 bits per heavy atom. The molecule has 0 amide bonds. The fourth-order valence-electron chi connectivity index (χ4n) is 2.65. The smallest absolute Gasteiger partial charge is 0.169 e. The molecule has 0 aromatic heterocycles. The summed E-state index contributed by atoms with van der Waals surface area (Å²) in [4.78, 5) is 2.17. The van der Waals surface area contributed by atoms with E-state index < -0.39 is 0 Å². The molecule has 0 spiro atoms. The van der Waals surface area contributed by atoms with Gasteiger partial charge in [-0.25, -0.2) is 0 Å². The Bertz CT molecular complexity index is 398. The molecule has 0 radical (unpaired) electrons. The van der Waals surface area contributed by atoms with Gasteiger partial charge in [-0.05, 0) is 37.5 Å². The number of nitrogens with zero attached hydrogens (tertiary/aromatic N) is 1. The Balaban J connectivity index is 1.91. The zero-order chi connectivity index (χ0) is 13.7. The lowest BCUT2D eigenvalue weighted by atomic mass is 9.96. The minimum absolute atomic E-state index is 0.310. The number of nitrogens with one attached hydrogen (secondary N) is 1. The van der Waals surface area contributed by atoms with Crippen LogP contribution in [0.2, 0.25) is 0 Å². The first-order chi connectivity index (χ1) is 9.18. The average Bonchev–Trinajstić information content (AvgIpc) is 2.47. The summed E-state index contributed by atoms with van der Waals surface area (Å²) >= 11 is 5.55. The van der Waals surface area contributed by atoms with Gasteiger partial charge in [-0.3, -0.25) is 0 Å². The maximum atomic E-state index is 5.55. The highest BCUT2D eigenvalue weighted by atomic mass is 32.1. The second-order valence-corrected chi connectivity index (χ2v) is 5.87. The lowest BCUT2D eigenvalue weighted by Crippen LogP contribution is -2.44. The van der Waals surface area contributed by atoms with Gasteiger partial charge in [0.15, 0.2) is 5.11 Å². The lowest BCUT2D eigenvalue weighted by molar-refractivity contribution is 0.362. The first-order valence-electron chi connectivity index (χ1n) is 7.27. The van der Waals surface area contributed by atoms with Crippen LogP contribution in [0.5, 0.6) is 0 Å². The molecule has 1 aromatic rings. The highest BCUT2D eigenvalue weighted by molar-refractivity contribution is 7.80. The molecule has 1 aromatic carbocycles. The van der Waals surface area contributed by atoms with E-state index in [-0.39, 0.29) is 0 Å². The van der Waals surface area contributed by atoms with Crippen LogP contribution in [0, 0.1) is 0 Å². The van der Waals surface area contributed by atoms with Crippen molar-refractivity contribution in [3.05, 3.63) is 35.9 Å². The highest BCUT2D eigenvalue weighted by Gasteiger charge is 2.18. The van der Waals surface area contributed by atoms with Crippen molar-refractivity contribution in [3.63, 3.8) is 0 Å². The standard InChI is InChI=1S/C16H24N2S/c1-13(14-9-5-3-6-10-14)18(2)16(19)17-15-11-7-4-8-12-15/h3,5-6,9-10,13,15H,4,7-8,11-12H2,1-2H3,(H,17,19)/t13-/m0/s1. The summed E-state index contributed by atoms with van der Waals surface area (Å²) in [5, 5.41) is 4.40. The van der Waals surface area contributed by atoms with E-state index in [0.29, 0.717) is 12.1 Å². The molecule has 1 fully saturated rings. The van der Waals surface area contributed by atoms with Gasteiger partial charge >= 0.3 is 0 Å². The Morgan fingerprint density at radius 1 is 1.21 bits per heavy atom. The molecule has 0 saturated heterocycles. The number of hydrogen-bond acceptors (Lipinski definition) is 1. The summed E-state index contributed by atoms with van der Waals surface area (Å²) in [7, 11) is 2.08. The van der Waals surface area contributed by atoms with Crippen LogP contribution >= 0.6 is 12.2 Å². The predicted molar refractivity (Wildman–Crippen MR) is 85.2 cm³/mol. The summed E-state index contributed by atoms with van der Waals surface area (Å²) in [5.41, 5.74) is 1.30. The van der Waals surface area contributed by atoms with Gasteiger partial charge in [-0.2, -0.15) is 0 Å². The number of rotatable bonds is 3. The zero-order valence-corrected chi connectivity index (χ0v) is 12.7. The van der Waals surface area contributed by atoms with Crippen molar-refractivity contribution < 1.29 is 0 Å². The van der Waals surface area contributed by atoms with Crippen molar-refractivity contribution in [2.75, 3.05) is 7.05 Å². The van der Waals surface area contributed by atoms with Gasteiger partial charge in [-0.15, -0.1) is 0 Å². The fourth-order valence-corrected chi connectivity index (χ4v) is 2.98. The van der Waals surface area contributed by atoms with E-state index in [1.165, 1.54) is 37.7 Å². The molecule has 1 N–H and O–H groups in total. The molecule has 2 nitrogen and oxygen atoms in total. The van der Waals surface area contributed by atoms with Crippen molar-refractivity contribution in [1.82, 2.24) is 10.2 Å². The Hall–Kier alpha value is -1.09. The molecule has 1 saturated carbocycles. The van der Waals surface area contributed by atoms with Crippen LogP contribution in [-0.4, -0.2) is 23.1 Å². The highest BCUT2D eigenvalue weighted by Crippen LogP contribution is 2.20. The van der Waals surface area contributed by atoms with Gasteiger partial charge in [-0.1, -0.05) is 49.6 Å².